The summed E-state index contributed by atoms with van der Waals surface area (Å²) in [6, 6.07) is 1.89. The van der Waals surface area contributed by atoms with Gasteiger partial charge in [-0.05, 0) is 94.8 Å². The van der Waals surface area contributed by atoms with Crippen LogP contribution in [-0.4, -0.2) is 34.9 Å². The molecule has 2 unspecified atom stereocenters. The number of fused-ring (bicyclic) bond motifs is 1. The normalized spacial score (nSPS) is 28.2. The van der Waals surface area contributed by atoms with Gasteiger partial charge in [0.05, 0.1) is 0 Å². The number of esters is 1. The zero-order valence-corrected chi connectivity index (χ0v) is 21.1. The fourth-order valence-corrected chi connectivity index (χ4v) is 6.15. The summed E-state index contributed by atoms with van der Waals surface area (Å²) >= 11 is 0. The molecule has 2 saturated carbocycles. The number of nitrogens with one attached hydrogen (secondary N) is 1. The number of nitrogens with zero attached hydrogens (tertiary/aromatic N) is 2. The van der Waals surface area contributed by atoms with Crippen molar-refractivity contribution < 1.29 is 23.9 Å². The van der Waals surface area contributed by atoms with Crippen LogP contribution in [0.25, 0.3) is 0 Å². The van der Waals surface area contributed by atoms with E-state index in [9.17, 15) is 9.90 Å². The van der Waals surface area contributed by atoms with Gasteiger partial charge in [0, 0.05) is 17.7 Å². The highest BCUT2D eigenvalue weighted by Gasteiger charge is 2.53. The average Bonchev–Trinajstić information content (AvgIpc) is 3.65. The van der Waals surface area contributed by atoms with Gasteiger partial charge in [-0.1, -0.05) is 17.3 Å². The molecule has 1 aliphatic heterocycles. The molecule has 8 nitrogen and oxygen atoms in total. The number of rotatable bonds is 5. The first kappa shape index (κ1) is 23.5. The molecule has 0 spiro atoms. The minimum absolute atomic E-state index is 0.0366. The molecule has 0 aromatic carbocycles. The first-order chi connectivity index (χ1) is 17.3. The van der Waals surface area contributed by atoms with Gasteiger partial charge in [0.2, 0.25) is 0 Å². The highest BCUT2D eigenvalue weighted by Crippen LogP contribution is 2.43. The fraction of sp³-hybridized carbons (Fsp3) is 0.607. The number of aromatic nitrogens is 1. The molecule has 36 heavy (non-hydrogen) atoms. The van der Waals surface area contributed by atoms with Gasteiger partial charge in [-0.2, -0.15) is 0 Å². The Bertz CT molecular complexity index is 1180. The second kappa shape index (κ2) is 8.91. The van der Waals surface area contributed by atoms with Crippen LogP contribution in [0.15, 0.2) is 50.2 Å². The molecule has 2 heterocycles. The van der Waals surface area contributed by atoms with Gasteiger partial charge >= 0.3 is 5.97 Å². The van der Waals surface area contributed by atoms with Crippen molar-refractivity contribution in [2.45, 2.75) is 95.4 Å². The van der Waals surface area contributed by atoms with Crippen LogP contribution in [0.5, 0.6) is 0 Å². The van der Waals surface area contributed by atoms with Gasteiger partial charge in [0.15, 0.2) is 5.76 Å². The summed E-state index contributed by atoms with van der Waals surface area (Å²) in [5.74, 6) is 0.178. The Morgan fingerprint density at radius 1 is 1.17 bits per heavy atom. The second-order valence-corrected chi connectivity index (χ2v) is 11.2. The minimum Gasteiger partial charge on any atom is -0.459 e. The molecule has 0 bridgehead atoms. The summed E-state index contributed by atoms with van der Waals surface area (Å²) < 4.78 is 17.7. The molecular formula is C28H35N3O5. The maximum Gasteiger partial charge on any atom is 0.359 e. The van der Waals surface area contributed by atoms with E-state index in [2.05, 4.69) is 27.6 Å². The number of hydrogen-bond acceptors (Lipinski definition) is 8. The third-order valence-corrected chi connectivity index (χ3v) is 8.20. The van der Waals surface area contributed by atoms with Gasteiger partial charge in [-0.15, -0.1) is 0 Å². The molecule has 1 aromatic heterocycles. The van der Waals surface area contributed by atoms with E-state index in [1.807, 2.05) is 0 Å². The van der Waals surface area contributed by atoms with Gasteiger partial charge < -0.3 is 24.4 Å². The molecular weight excluding hydrogens is 458 g/mol. The van der Waals surface area contributed by atoms with E-state index in [1.54, 1.807) is 19.9 Å². The summed E-state index contributed by atoms with van der Waals surface area (Å²) in [7, 11) is 0. The lowest BCUT2D eigenvalue weighted by Gasteiger charge is -2.26. The van der Waals surface area contributed by atoms with E-state index in [1.165, 1.54) is 23.1 Å². The summed E-state index contributed by atoms with van der Waals surface area (Å²) in [6.07, 6.45) is 15.0. The van der Waals surface area contributed by atoms with Crippen LogP contribution in [-0.2, 0) is 25.5 Å². The molecule has 1 aromatic rings. The Labute approximate surface area is 211 Å². The van der Waals surface area contributed by atoms with Gasteiger partial charge in [0.25, 0.3) is 11.6 Å². The van der Waals surface area contributed by atoms with Gasteiger partial charge in [-0.3, -0.25) is 0 Å². The third kappa shape index (κ3) is 4.09. The lowest BCUT2D eigenvalue weighted by Crippen LogP contribution is -2.44. The molecule has 2 N–H and O–H groups in total. The van der Waals surface area contributed by atoms with Crippen molar-refractivity contribution in [2.24, 2.45) is 10.9 Å². The van der Waals surface area contributed by atoms with E-state index in [0.29, 0.717) is 11.9 Å². The van der Waals surface area contributed by atoms with Crippen molar-refractivity contribution in [3.63, 3.8) is 0 Å². The quantitative estimate of drug-likeness (QED) is 0.575. The van der Waals surface area contributed by atoms with Crippen LogP contribution >= 0.6 is 0 Å². The number of hydrogen-bond donors (Lipinski definition) is 2. The number of ether oxygens (including phenoxy) is 2. The van der Waals surface area contributed by atoms with E-state index in [0.717, 1.165) is 63.5 Å². The fourth-order valence-electron chi connectivity index (χ4n) is 6.15. The van der Waals surface area contributed by atoms with Crippen LogP contribution in [0.3, 0.4) is 0 Å². The van der Waals surface area contributed by atoms with Crippen molar-refractivity contribution in [1.29, 1.82) is 0 Å². The first-order valence-electron chi connectivity index (χ1n) is 13.4. The van der Waals surface area contributed by atoms with Crippen molar-refractivity contribution in [3.05, 3.63) is 52.1 Å². The number of aliphatic imine (C=N–C) groups is 1. The summed E-state index contributed by atoms with van der Waals surface area (Å²) in [5.41, 5.74) is 2.72. The van der Waals surface area contributed by atoms with Crippen molar-refractivity contribution >= 4 is 12.0 Å². The van der Waals surface area contributed by atoms with E-state index in [-0.39, 0.29) is 24.1 Å². The monoisotopic (exact) mass is 493 g/mol. The van der Waals surface area contributed by atoms with Crippen molar-refractivity contribution in [1.82, 2.24) is 10.5 Å². The Balaban J connectivity index is 1.31. The van der Waals surface area contributed by atoms with Crippen LogP contribution in [0.2, 0.25) is 0 Å². The Morgan fingerprint density at radius 3 is 2.78 bits per heavy atom. The molecule has 0 saturated heterocycles. The second-order valence-electron chi connectivity index (χ2n) is 11.2. The molecule has 8 heteroatoms. The number of carbonyl (C=O) groups excluding carboxylic acids is 1. The first-order valence-corrected chi connectivity index (χ1v) is 13.4. The lowest BCUT2D eigenvalue weighted by atomic mass is 9.97. The Hall–Kier alpha value is -2.87. The van der Waals surface area contributed by atoms with E-state index >= 15 is 0 Å². The molecule has 4 aliphatic carbocycles. The van der Waals surface area contributed by atoms with Crippen LogP contribution in [0, 0.1) is 5.92 Å². The molecule has 5 aliphatic rings. The topological polar surface area (TPSA) is 106 Å². The number of allylic oxidation sites excluding steroid dienone is 5. The molecule has 2 fully saturated rings. The van der Waals surface area contributed by atoms with Crippen molar-refractivity contribution in [2.75, 3.05) is 6.54 Å². The smallest absolute Gasteiger partial charge is 0.359 e. The van der Waals surface area contributed by atoms with E-state index in [4.69, 9.17) is 14.0 Å². The highest BCUT2D eigenvalue weighted by molar-refractivity contribution is 5.89. The average molecular weight is 494 g/mol. The number of amidine groups is 1. The number of carbonyl (C=O) groups is 1. The Kier molecular flexibility index (Phi) is 5.82. The van der Waals surface area contributed by atoms with Gasteiger partial charge in [0.1, 0.15) is 23.9 Å². The maximum atomic E-state index is 13.6. The molecule has 6 rings (SSSR count). The lowest BCUT2D eigenvalue weighted by molar-refractivity contribution is -0.168. The number of aliphatic hydroxyl groups is 1. The van der Waals surface area contributed by atoms with Crippen LogP contribution in [0.1, 0.15) is 89.5 Å². The SMILES string of the molecule is CC(C)(O)c1cc(C2(C(=O)OC3CCCC3)CN=C(NC3=C4CCCC4C=CC4=C3CCC4)O2)no1. The molecule has 2 atom stereocenters. The van der Waals surface area contributed by atoms with Crippen LogP contribution in [0.4, 0.5) is 0 Å². The zero-order valence-electron chi connectivity index (χ0n) is 21.1. The predicted molar refractivity (Wildman–Crippen MR) is 133 cm³/mol. The minimum atomic E-state index is -1.55. The standard InChI is InChI=1S/C28H35N3O5/c1-27(2,33)23-15-22(31-36-23)28(25(32)34-19-9-3-4-10-19)16-29-26(35-28)30-24-20-11-5-7-17(20)13-14-18-8-6-12-21(18)24/h13-15,17,19,33H,3-12,16H2,1-2H3,(H,29,30). The van der Waals surface area contributed by atoms with E-state index < -0.39 is 17.2 Å². The highest BCUT2D eigenvalue weighted by atomic mass is 16.6. The molecule has 192 valence electrons. The van der Waals surface area contributed by atoms with Crippen LogP contribution < -0.4 is 5.32 Å². The van der Waals surface area contributed by atoms with Crippen molar-refractivity contribution in [3.8, 4) is 0 Å². The third-order valence-electron chi connectivity index (χ3n) is 8.20. The summed E-state index contributed by atoms with van der Waals surface area (Å²) in [4.78, 5) is 18.3. The summed E-state index contributed by atoms with van der Waals surface area (Å²) in [6.45, 7) is 3.26. The maximum absolute atomic E-state index is 13.6. The zero-order chi connectivity index (χ0) is 24.9. The van der Waals surface area contributed by atoms with Gasteiger partial charge in [-0.25, -0.2) is 9.79 Å². The largest absolute Gasteiger partial charge is 0.459 e. The Morgan fingerprint density at radius 2 is 2.00 bits per heavy atom. The molecule has 0 radical (unpaired) electrons. The predicted octanol–water partition coefficient (Wildman–Crippen LogP) is 4.66. The summed E-state index contributed by atoms with van der Waals surface area (Å²) in [5, 5.41) is 18.1. The molecule has 0 amide bonds.